The second kappa shape index (κ2) is 8.10. The molecule has 0 aliphatic carbocycles. The second-order valence-corrected chi connectivity index (χ2v) is 3.74. The van der Waals surface area contributed by atoms with Crippen LogP contribution in [-0.2, 0) is 19.1 Å². The molecule has 0 heterocycles. The molecule has 0 bridgehead atoms. The molecule has 0 radical (unpaired) electrons. The van der Waals surface area contributed by atoms with Crippen molar-refractivity contribution in [1.29, 1.82) is 0 Å². The van der Waals surface area contributed by atoms with E-state index in [4.69, 9.17) is 0 Å². The van der Waals surface area contributed by atoms with Gasteiger partial charge in [0.05, 0.1) is 26.7 Å². The average molecular weight is 231 g/mol. The molecule has 1 unspecified atom stereocenters. The van der Waals surface area contributed by atoms with Gasteiger partial charge in [-0.05, 0) is 13.0 Å². The maximum Gasteiger partial charge on any atom is 0.319 e. The molecule has 0 aromatic rings. The van der Waals surface area contributed by atoms with E-state index in [1.165, 1.54) is 14.2 Å². The van der Waals surface area contributed by atoms with Crippen molar-refractivity contribution < 1.29 is 19.1 Å². The van der Waals surface area contributed by atoms with Gasteiger partial charge in [-0.2, -0.15) is 0 Å². The van der Waals surface area contributed by atoms with E-state index >= 15 is 0 Å². The van der Waals surface area contributed by atoms with Gasteiger partial charge in [0.25, 0.3) is 0 Å². The van der Waals surface area contributed by atoms with Crippen LogP contribution in [0.25, 0.3) is 0 Å². The van der Waals surface area contributed by atoms with Gasteiger partial charge in [0.15, 0.2) is 0 Å². The zero-order valence-electron chi connectivity index (χ0n) is 10.5. The predicted octanol–water partition coefficient (Wildman–Crippen LogP) is 0.680. The van der Waals surface area contributed by atoms with Gasteiger partial charge in [-0.3, -0.25) is 14.5 Å². The van der Waals surface area contributed by atoms with Gasteiger partial charge in [-0.15, -0.1) is 0 Å². The van der Waals surface area contributed by atoms with Gasteiger partial charge in [0.1, 0.15) is 0 Å². The lowest BCUT2D eigenvalue weighted by atomic mass is 10.1. The van der Waals surface area contributed by atoms with Crippen molar-refractivity contribution in [3.63, 3.8) is 0 Å². The standard InChI is InChI=1S/C11H21NO4/c1-5-6-12(8-10(13)15-3)7-9(2)11(14)16-4/h9H,5-8H2,1-4H3. The Labute approximate surface area is 96.7 Å². The first-order chi connectivity index (χ1) is 7.54. The fourth-order valence-electron chi connectivity index (χ4n) is 1.46. The molecule has 0 rings (SSSR count). The van der Waals surface area contributed by atoms with Crippen LogP contribution in [0, 0.1) is 5.92 Å². The molecule has 0 saturated heterocycles. The minimum Gasteiger partial charge on any atom is -0.469 e. The zero-order chi connectivity index (χ0) is 12.6. The molecule has 5 heteroatoms. The lowest BCUT2D eigenvalue weighted by molar-refractivity contribution is -0.147. The SMILES string of the molecule is CCCN(CC(=O)OC)CC(C)C(=O)OC. The Bertz CT molecular complexity index is 230. The van der Waals surface area contributed by atoms with Crippen molar-refractivity contribution in [2.75, 3.05) is 33.9 Å². The highest BCUT2D eigenvalue weighted by Crippen LogP contribution is 2.03. The fourth-order valence-corrected chi connectivity index (χ4v) is 1.46. The van der Waals surface area contributed by atoms with Gasteiger partial charge >= 0.3 is 11.9 Å². The molecule has 0 aromatic heterocycles. The molecule has 0 aliphatic rings. The number of rotatable bonds is 7. The summed E-state index contributed by atoms with van der Waals surface area (Å²) >= 11 is 0. The molecule has 0 spiro atoms. The average Bonchev–Trinajstić information content (AvgIpc) is 2.27. The Balaban J connectivity index is 4.21. The number of carbonyl (C=O) groups excluding carboxylic acids is 2. The maximum atomic E-state index is 11.2. The highest BCUT2D eigenvalue weighted by Gasteiger charge is 2.19. The number of hydrogen-bond acceptors (Lipinski definition) is 5. The Morgan fingerprint density at radius 1 is 1.25 bits per heavy atom. The third kappa shape index (κ3) is 5.70. The smallest absolute Gasteiger partial charge is 0.319 e. The number of methoxy groups -OCH3 is 2. The van der Waals surface area contributed by atoms with E-state index in [0.29, 0.717) is 6.54 Å². The van der Waals surface area contributed by atoms with Gasteiger partial charge in [0.2, 0.25) is 0 Å². The van der Waals surface area contributed by atoms with Crippen molar-refractivity contribution >= 4 is 11.9 Å². The number of nitrogens with zero attached hydrogens (tertiary/aromatic N) is 1. The molecular weight excluding hydrogens is 210 g/mol. The minimum atomic E-state index is -0.287. The molecular formula is C11H21NO4. The topological polar surface area (TPSA) is 55.8 Å². The first-order valence-electron chi connectivity index (χ1n) is 5.42. The van der Waals surface area contributed by atoms with Crippen molar-refractivity contribution in [2.45, 2.75) is 20.3 Å². The Kier molecular flexibility index (Phi) is 7.54. The van der Waals surface area contributed by atoms with Crippen LogP contribution >= 0.6 is 0 Å². The lowest BCUT2D eigenvalue weighted by Gasteiger charge is -2.22. The molecule has 0 fully saturated rings. The molecule has 1 atom stereocenters. The third-order valence-electron chi connectivity index (χ3n) is 2.26. The predicted molar refractivity (Wildman–Crippen MR) is 59.9 cm³/mol. The quantitative estimate of drug-likeness (QED) is 0.603. The molecule has 0 aliphatic heterocycles. The van der Waals surface area contributed by atoms with E-state index in [1.54, 1.807) is 6.92 Å². The van der Waals surface area contributed by atoms with Crippen LogP contribution in [0.5, 0.6) is 0 Å². The van der Waals surface area contributed by atoms with Crippen LogP contribution in [0.15, 0.2) is 0 Å². The molecule has 0 saturated carbocycles. The summed E-state index contributed by atoms with van der Waals surface area (Å²) in [5, 5.41) is 0. The first kappa shape index (κ1) is 14.9. The van der Waals surface area contributed by atoms with Crippen LogP contribution in [0.2, 0.25) is 0 Å². The summed E-state index contributed by atoms with van der Waals surface area (Å²) in [6.07, 6.45) is 0.922. The summed E-state index contributed by atoms with van der Waals surface area (Å²) in [6.45, 7) is 5.29. The normalized spacial score (nSPS) is 12.3. The Morgan fingerprint density at radius 3 is 2.31 bits per heavy atom. The van der Waals surface area contributed by atoms with Crippen LogP contribution in [0.3, 0.4) is 0 Å². The van der Waals surface area contributed by atoms with E-state index in [0.717, 1.165) is 13.0 Å². The fraction of sp³-hybridized carbons (Fsp3) is 0.818. The van der Waals surface area contributed by atoms with Crippen LogP contribution < -0.4 is 0 Å². The first-order valence-corrected chi connectivity index (χ1v) is 5.42. The van der Waals surface area contributed by atoms with Crippen molar-refractivity contribution in [2.24, 2.45) is 5.92 Å². The molecule has 16 heavy (non-hydrogen) atoms. The summed E-state index contributed by atoms with van der Waals surface area (Å²) in [6, 6.07) is 0. The number of ether oxygens (including phenoxy) is 2. The van der Waals surface area contributed by atoms with E-state index in [-0.39, 0.29) is 24.4 Å². The van der Waals surface area contributed by atoms with Crippen molar-refractivity contribution in [1.82, 2.24) is 4.90 Å². The van der Waals surface area contributed by atoms with Crippen LogP contribution in [0.4, 0.5) is 0 Å². The maximum absolute atomic E-state index is 11.2. The van der Waals surface area contributed by atoms with E-state index < -0.39 is 0 Å². The number of esters is 2. The third-order valence-corrected chi connectivity index (χ3v) is 2.26. The molecule has 0 N–H and O–H groups in total. The van der Waals surface area contributed by atoms with Gasteiger partial charge in [0, 0.05) is 6.54 Å². The Morgan fingerprint density at radius 2 is 1.88 bits per heavy atom. The molecule has 0 aromatic carbocycles. The summed E-state index contributed by atoms with van der Waals surface area (Å²) in [7, 11) is 2.72. The largest absolute Gasteiger partial charge is 0.469 e. The highest BCUT2D eigenvalue weighted by molar-refractivity contribution is 5.73. The van der Waals surface area contributed by atoms with E-state index in [2.05, 4.69) is 9.47 Å². The minimum absolute atomic E-state index is 0.214. The number of carbonyl (C=O) groups is 2. The lowest BCUT2D eigenvalue weighted by Crippen LogP contribution is -2.37. The van der Waals surface area contributed by atoms with Crippen molar-refractivity contribution in [3.8, 4) is 0 Å². The molecule has 94 valence electrons. The highest BCUT2D eigenvalue weighted by atomic mass is 16.5. The van der Waals surface area contributed by atoms with E-state index in [9.17, 15) is 9.59 Å². The summed E-state index contributed by atoms with van der Waals surface area (Å²) in [4.78, 5) is 24.3. The van der Waals surface area contributed by atoms with Crippen LogP contribution in [0.1, 0.15) is 20.3 Å². The van der Waals surface area contributed by atoms with Crippen LogP contribution in [-0.4, -0.2) is 50.7 Å². The number of hydrogen-bond donors (Lipinski definition) is 0. The summed E-state index contributed by atoms with van der Waals surface area (Å²) in [5.74, 6) is -0.780. The molecule has 5 nitrogen and oxygen atoms in total. The van der Waals surface area contributed by atoms with Gasteiger partial charge in [-0.1, -0.05) is 13.8 Å². The summed E-state index contributed by atoms with van der Waals surface area (Å²) < 4.78 is 9.24. The summed E-state index contributed by atoms with van der Waals surface area (Å²) in [5.41, 5.74) is 0. The van der Waals surface area contributed by atoms with Crippen molar-refractivity contribution in [3.05, 3.63) is 0 Å². The van der Waals surface area contributed by atoms with Gasteiger partial charge in [-0.25, -0.2) is 0 Å². The zero-order valence-corrected chi connectivity index (χ0v) is 10.5. The molecule has 0 amide bonds. The van der Waals surface area contributed by atoms with Gasteiger partial charge < -0.3 is 9.47 Å². The van der Waals surface area contributed by atoms with E-state index in [1.807, 2.05) is 11.8 Å². The second-order valence-electron chi connectivity index (χ2n) is 3.74. The Hall–Kier alpha value is -1.10. The monoisotopic (exact) mass is 231 g/mol.